The van der Waals surface area contributed by atoms with Gasteiger partial charge in [-0.25, -0.2) is 0 Å². The van der Waals surface area contributed by atoms with Crippen LogP contribution in [-0.4, -0.2) is 23.7 Å². The molecule has 0 spiro atoms. The van der Waals surface area contributed by atoms with Crippen LogP contribution in [0.4, 0.5) is 0 Å². The Hall–Kier alpha value is -1.87. The summed E-state index contributed by atoms with van der Waals surface area (Å²) in [6, 6.07) is 13.1. The lowest BCUT2D eigenvalue weighted by Crippen LogP contribution is -2.35. The Morgan fingerprint density at radius 1 is 1.24 bits per heavy atom. The van der Waals surface area contributed by atoms with E-state index in [4.69, 9.17) is 5.11 Å². The fourth-order valence-electron chi connectivity index (χ4n) is 1.77. The van der Waals surface area contributed by atoms with Crippen molar-refractivity contribution in [3.8, 4) is 0 Å². The molecular formula is C14H15NO2. The number of hydrogen-bond donors (Lipinski definition) is 2. The lowest BCUT2D eigenvalue weighted by Gasteiger charge is -2.12. The second kappa shape index (κ2) is 4.97. The fraction of sp³-hybridized carbons (Fsp3) is 0.214. The number of hydrogen-bond acceptors (Lipinski definition) is 2. The van der Waals surface area contributed by atoms with Gasteiger partial charge in [-0.2, -0.15) is 0 Å². The lowest BCUT2D eigenvalue weighted by molar-refractivity contribution is 0.0924. The van der Waals surface area contributed by atoms with E-state index in [1.807, 2.05) is 36.4 Å². The van der Waals surface area contributed by atoms with Gasteiger partial charge in [-0.1, -0.05) is 36.4 Å². The smallest absolute Gasteiger partial charge is 0.252 e. The first kappa shape index (κ1) is 11.6. The van der Waals surface area contributed by atoms with Crippen molar-refractivity contribution in [1.29, 1.82) is 0 Å². The van der Waals surface area contributed by atoms with E-state index in [-0.39, 0.29) is 18.6 Å². The second-order valence-electron chi connectivity index (χ2n) is 4.08. The number of rotatable bonds is 3. The van der Waals surface area contributed by atoms with Gasteiger partial charge < -0.3 is 10.4 Å². The van der Waals surface area contributed by atoms with Crippen LogP contribution in [0.3, 0.4) is 0 Å². The van der Waals surface area contributed by atoms with E-state index in [2.05, 4.69) is 5.32 Å². The Morgan fingerprint density at radius 3 is 2.71 bits per heavy atom. The number of aliphatic hydroxyl groups excluding tert-OH is 1. The van der Waals surface area contributed by atoms with Crippen molar-refractivity contribution in [3.05, 3.63) is 48.0 Å². The number of carbonyl (C=O) groups is 1. The van der Waals surface area contributed by atoms with Crippen molar-refractivity contribution < 1.29 is 9.90 Å². The normalized spacial score (nSPS) is 12.4. The molecule has 0 bridgehead atoms. The number of carbonyl (C=O) groups excluding carboxylic acids is 1. The minimum Gasteiger partial charge on any atom is -0.394 e. The summed E-state index contributed by atoms with van der Waals surface area (Å²) < 4.78 is 0. The molecule has 0 aliphatic rings. The zero-order valence-electron chi connectivity index (χ0n) is 9.68. The molecule has 0 aliphatic carbocycles. The molecule has 0 aromatic heterocycles. The third kappa shape index (κ3) is 2.45. The maximum atomic E-state index is 12.0. The quantitative estimate of drug-likeness (QED) is 0.845. The standard InChI is InChI=1S/C14H15NO2/c1-10(9-16)15-14(17)13-8-4-6-11-5-2-3-7-12(11)13/h2-8,10,16H,9H2,1H3,(H,15,17)/t10-/m0/s1. The molecule has 0 fully saturated rings. The highest BCUT2D eigenvalue weighted by Crippen LogP contribution is 2.18. The SMILES string of the molecule is C[C@@H](CO)NC(=O)c1cccc2ccccc12. The zero-order chi connectivity index (χ0) is 12.3. The molecule has 17 heavy (non-hydrogen) atoms. The fourth-order valence-corrected chi connectivity index (χ4v) is 1.77. The third-order valence-corrected chi connectivity index (χ3v) is 2.69. The molecule has 0 heterocycles. The van der Waals surface area contributed by atoms with Gasteiger partial charge in [-0.15, -0.1) is 0 Å². The Morgan fingerprint density at radius 2 is 1.94 bits per heavy atom. The van der Waals surface area contributed by atoms with Gasteiger partial charge in [0.25, 0.3) is 5.91 Å². The molecule has 88 valence electrons. The Bertz CT molecular complexity index is 531. The van der Waals surface area contributed by atoms with Gasteiger partial charge in [0.05, 0.1) is 6.61 Å². The van der Waals surface area contributed by atoms with Gasteiger partial charge in [0.15, 0.2) is 0 Å². The monoisotopic (exact) mass is 229 g/mol. The first-order chi connectivity index (χ1) is 8.22. The van der Waals surface area contributed by atoms with Crippen molar-refractivity contribution in [2.45, 2.75) is 13.0 Å². The highest BCUT2D eigenvalue weighted by Gasteiger charge is 2.11. The van der Waals surface area contributed by atoms with Crippen molar-refractivity contribution in [1.82, 2.24) is 5.32 Å². The second-order valence-corrected chi connectivity index (χ2v) is 4.08. The van der Waals surface area contributed by atoms with Crippen LogP contribution in [0.25, 0.3) is 10.8 Å². The number of benzene rings is 2. The molecule has 2 rings (SSSR count). The van der Waals surface area contributed by atoms with Crippen molar-refractivity contribution in [2.75, 3.05) is 6.61 Å². The molecule has 1 amide bonds. The average molecular weight is 229 g/mol. The molecule has 2 N–H and O–H groups in total. The first-order valence-corrected chi connectivity index (χ1v) is 5.62. The number of fused-ring (bicyclic) bond motifs is 1. The van der Waals surface area contributed by atoms with E-state index < -0.39 is 0 Å². The molecule has 3 heteroatoms. The molecule has 0 radical (unpaired) electrons. The van der Waals surface area contributed by atoms with Gasteiger partial charge in [0.1, 0.15) is 0 Å². The largest absolute Gasteiger partial charge is 0.394 e. The van der Waals surface area contributed by atoms with E-state index in [1.165, 1.54) is 0 Å². The summed E-state index contributed by atoms with van der Waals surface area (Å²) in [4.78, 5) is 12.0. The Balaban J connectivity index is 2.38. The Labute approximate surface area is 100 Å². The minimum atomic E-state index is -0.235. The zero-order valence-corrected chi connectivity index (χ0v) is 9.68. The van der Waals surface area contributed by atoms with Gasteiger partial charge in [-0.05, 0) is 23.8 Å². The first-order valence-electron chi connectivity index (χ1n) is 5.62. The van der Waals surface area contributed by atoms with Crippen LogP contribution in [0, 0.1) is 0 Å². The van der Waals surface area contributed by atoms with Crippen LogP contribution < -0.4 is 5.32 Å². The van der Waals surface area contributed by atoms with E-state index in [1.54, 1.807) is 13.0 Å². The van der Waals surface area contributed by atoms with Crippen LogP contribution in [0.15, 0.2) is 42.5 Å². The van der Waals surface area contributed by atoms with Gasteiger partial charge >= 0.3 is 0 Å². The van der Waals surface area contributed by atoms with Crippen molar-refractivity contribution in [2.24, 2.45) is 0 Å². The molecule has 0 saturated carbocycles. The summed E-state index contributed by atoms with van der Waals surface area (Å²) in [5, 5.41) is 13.6. The van der Waals surface area contributed by atoms with Crippen LogP contribution in [0.5, 0.6) is 0 Å². The molecule has 0 unspecified atom stereocenters. The predicted molar refractivity (Wildman–Crippen MR) is 68.0 cm³/mol. The molecule has 2 aromatic carbocycles. The molecule has 0 saturated heterocycles. The highest BCUT2D eigenvalue weighted by molar-refractivity contribution is 6.07. The number of amides is 1. The van der Waals surface area contributed by atoms with Crippen LogP contribution in [0.1, 0.15) is 17.3 Å². The summed E-state index contributed by atoms with van der Waals surface area (Å²) in [5.41, 5.74) is 0.642. The number of aliphatic hydroxyl groups is 1. The topological polar surface area (TPSA) is 49.3 Å². The molecule has 1 atom stereocenters. The summed E-state index contributed by atoms with van der Waals surface area (Å²) in [6.07, 6.45) is 0. The van der Waals surface area contributed by atoms with Crippen LogP contribution in [0.2, 0.25) is 0 Å². The third-order valence-electron chi connectivity index (χ3n) is 2.69. The summed E-state index contributed by atoms with van der Waals surface area (Å²) in [6.45, 7) is 1.71. The number of nitrogens with one attached hydrogen (secondary N) is 1. The average Bonchev–Trinajstić information content (AvgIpc) is 2.37. The van der Waals surface area contributed by atoms with Crippen LogP contribution >= 0.6 is 0 Å². The van der Waals surface area contributed by atoms with E-state index >= 15 is 0 Å². The lowest BCUT2D eigenvalue weighted by atomic mass is 10.0. The maximum absolute atomic E-state index is 12.0. The summed E-state index contributed by atoms with van der Waals surface area (Å²) >= 11 is 0. The van der Waals surface area contributed by atoms with E-state index in [9.17, 15) is 4.79 Å². The van der Waals surface area contributed by atoms with Gasteiger partial charge in [0, 0.05) is 11.6 Å². The predicted octanol–water partition coefficient (Wildman–Crippen LogP) is 1.95. The van der Waals surface area contributed by atoms with Crippen molar-refractivity contribution >= 4 is 16.7 Å². The molecule has 3 nitrogen and oxygen atoms in total. The van der Waals surface area contributed by atoms with E-state index in [0.717, 1.165) is 10.8 Å². The molecule has 0 aliphatic heterocycles. The van der Waals surface area contributed by atoms with Gasteiger partial charge in [0.2, 0.25) is 0 Å². The summed E-state index contributed by atoms with van der Waals surface area (Å²) in [5.74, 6) is -0.150. The van der Waals surface area contributed by atoms with Gasteiger partial charge in [-0.3, -0.25) is 4.79 Å². The van der Waals surface area contributed by atoms with Crippen LogP contribution in [-0.2, 0) is 0 Å². The minimum absolute atomic E-state index is 0.0590. The maximum Gasteiger partial charge on any atom is 0.252 e. The Kier molecular flexibility index (Phi) is 3.40. The molecule has 2 aromatic rings. The van der Waals surface area contributed by atoms with Crippen molar-refractivity contribution in [3.63, 3.8) is 0 Å². The molecular weight excluding hydrogens is 214 g/mol. The highest BCUT2D eigenvalue weighted by atomic mass is 16.3. The summed E-state index contributed by atoms with van der Waals surface area (Å²) in [7, 11) is 0. The van der Waals surface area contributed by atoms with E-state index in [0.29, 0.717) is 5.56 Å².